The molecule has 1 atom stereocenters. The second-order valence-electron chi connectivity index (χ2n) is 5.55. The van der Waals surface area contributed by atoms with Crippen LogP contribution < -0.4 is 11.0 Å². The largest absolute Gasteiger partial charge is 0.343 e. The van der Waals surface area contributed by atoms with Crippen molar-refractivity contribution in [1.82, 2.24) is 20.1 Å². The van der Waals surface area contributed by atoms with Crippen molar-refractivity contribution in [3.63, 3.8) is 0 Å². The third kappa shape index (κ3) is 4.17. The highest BCUT2D eigenvalue weighted by Gasteiger charge is 2.24. The predicted molar refractivity (Wildman–Crippen MR) is 76.1 cm³/mol. The first kappa shape index (κ1) is 15.3. The topological polar surface area (TPSA) is 62.7 Å². The van der Waals surface area contributed by atoms with Crippen LogP contribution in [0.2, 0.25) is 0 Å². The Morgan fingerprint density at radius 1 is 1.50 bits per heavy atom. The molecule has 0 saturated carbocycles. The van der Waals surface area contributed by atoms with E-state index in [0.717, 1.165) is 23.9 Å². The van der Waals surface area contributed by atoms with E-state index in [0.29, 0.717) is 6.04 Å². The molecule has 5 nitrogen and oxygen atoms in total. The number of thioether (sulfide) groups is 1. The average molecular weight is 272 g/mol. The molecule has 0 aliphatic carbocycles. The lowest BCUT2D eigenvalue weighted by Gasteiger charge is -2.31. The summed E-state index contributed by atoms with van der Waals surface area (Å²) < 4.78 is 1.55. The lowest BCUT2D eigenvalue weighted by molar-refractivity contribution is 0.291. The van der Waals surface area contributed by atoms with Crippen LogP contribution >= 0.6 is 11.8 Å². The summed E-state index contributed by atoms with van der Waals surface area (Å²) >= 11 is 1.61. The average Bonchev–Trinajstić information content (AvgIpc) is 2.59. The molecule has 1 rings (SSSR count). The van der Waals surface area contributed by atoms with Crippen LogP contribution in [-0.4, -0.2) is 33.1 Å². The summed E-state index contributed by atoms with van der Waals surface area (Å²) in [6.07, 6.45) is 1.12. The summed E-state index contributed by atoms with van der Waals surface area (Å²) in [7, 11) is 1.74. The molecule has 1 unspecified atom stereocenters. The van der Waals surface area contributed by atoms with Crippen LogP contribution in [0.15, 0.2) is 9.95 Å². The SMILES string of the molecule is CCCNC(CSc1n[nH]c(=O)n1C)C(C)(C)C. The Morgan fingerprint density at radius 2 is 2.17 bits per heavy atom. The number of rotatable bonds is 6. The Bertz CT molecular complexity index is 418. The lowest BCUT2D eigenvalue weighted by atomic mass is 9.88. The van der Waals surface area contributed by atoms with Gasteiger partial charge in [0.05, 0.1) is 0 Å². The number of H-pyrrole nitrogens is 1. The van der Waals surface area contributed by atoms with Crippen molar-refractivity contribution in [3.05, 3.63) is 10.5 Å². The normalized spacial score (nSPS) is 13.8. The first-order chi connectivity index (χ1) is 8.36. The van der Waals surface area contributed by atoms with Crippen molar-refractivity contribution in [1.29, 1.82) is 0 Å². The Morgan fingerprint density at radius 3 is 2.61 bits per heavy atom. The van der Waals surface area contributed by atoms with Gasteiger partial charge in [0.1, 0.15) is 0 Å². The van der Waals surface area contributed by atoms with Crippen LogP contribution in [0.3, 0.4) is 0 Å². The minimum atomic E-state index is -0.161. The van der Waals surface area contributed by atoms with Crippen LogP contribution in [0.25, 0.3) is 0 Å². The van der Waals surface area contributed by atoms with E-state index < -0.39 is 0 Å². The minimum absolute atomic E-state index is 0.161. The van der Waals surface area contributed by atoms with Gasteiger partial charge in [-0.15, -0.1) is 5.10 Å². The van der Waals surface area contributed by atoms with Gasteiger partial charge in [-0.3, -0.25) is 4.57 Å². The molecule has 6 heteroatoms. The first-order valence-electron chi connectivity index (χ1n) is 6.33. The molecule has 0 aliphatic heterocycles. The minimum Gasteiger partial charge on any atom is -0.313 e. The molecule has 0 aromatic carbocycles. The van der Waals surface area contributed by atoms with E-state index in [1.54, 1.807) is 23.4 Å². The van der Waals surface area contributed by atoms with Gasteiger partial charge in [0.15, 0.2) is 5.16 Å². The van der Waals surface area contributed by atoms with E-state index in [1.807, 2.05) is 0 Å². The Hall–Kier alpha value is -0.750. The van der Waals surface area contributed by atoms with Crippen molar-refractivity contribution < 1.29 is 0 Å². The maximum absolute atomic E-state index is 11.3. The van der Waals surface area contributed by atoms with E-state index in [9.17, 15) is 4.79 Å². The number of nitrogens with one attached hydrogen (secondary N) is 2. The second kappa shape index (κ2) is 6.43. The monoisotopic (exact) mass is 272 g/mol. The van der Waals surface area contributed by atoms with E-state index in [1.165, 1.54) is 0 Å². The van der Waals surface area contributed by atoms with E-state index in [4.69, 9.17) is 0 Å². The highest BCUT2D eigenvalue weighted by Crippen LogP contribution is 2.25. The zero-order chi connectivity index (χ0) is 13.8. The van der Waals surface area contributed by atoms with Gasteiger partial charge in [0.25, 0.3) is 0 Å². The molecule has 0 amide bonds. The fourth-order valence-corrected chi connectivity index (χ4v) is 2.87. The second-order valence-corrected chi connectivity index (χ2v) is 6.54. The number of aromatic nitrogens is 3. The van der Waals surface area contributed by atoms with Crippen molar-refractivity contribution in [2.75, 3.05) is 12.3 Å². The van der Waals surface area contributed by atoms with Crippen molar-refractivity contribution in [2.45, 2.75) is 45.3 Å². The molecule has 0 aliphatic rings. The van der Waals surface area contributed by atoms with Crippen LogP contribution in [-0.2, 0) is 7.05 Å². The van der Waals surface area contributed by atoms with Gasteiger partial charge >= 0.3 is 5.69 Å². The summed E-state index contributed by atoms with van der Waals surface area (Å²) in [6.45, 7) is 9.86. The predicted octanol–water partition coefficient (Wildman–Crippen LogP) is 1.61. The van der Waals surface area contributed by atoms with Gasteiger partial charge in [0, 0.05) is 18.8 Å². The van der Waals surface area contributed by atoms with Crippen LogP contribution in [0.5, 0.6) is 0 Å². The van der Waals surface area contributed by atoms with Gasteiger partial charge in [-0.2, -0.15) is 0 Å². The molecule has 1 aromatic heterocycles. The van der Waals surface area contributed by atoms with Gasteiger partial charge in [-0.1, -0.05) is 39.5 Å². The number of hydrogen-bond acceptors (Lipinski definition) is 4. The smallest absolute Gasteiger partial charge is 0.313 e. The Balaban J connectivity index is 2.62. The fraction of sp³-hybridized carbons (Fsp3) is 0.833. The molecule has 18 heavy (non-hydrogen) atoms. The standard InChI is InChI=1S/C12H24N4OS/c1-6-7-13-9(12(2,3)4)8-18-11-15-14-10(17)16(11)5/h9,13H,6-8H2,1-5H3,(H,14,17). The molecule has 0 bridgehead atoms. The zero-order valence-corrected chi connectivity index (χ0v) is 12.7. The Labute approximate surface area is 113 Å². The Kier molecular flexibility index (Phi) is 5.47. The maximum Gasteiger partial charge on any atom is 0.343 e. The van der Waals surface area contributed by atoms with E-state index in [-0.39, 0.29) is 11.1 Å². The number of aromatic amines is 1. The molecule has 0 spiro atoms. The highest BCUT2D eigenvalue weighted by molar-refractivity contribution is 7.99. The number of nitrogens with zero attached hydrogens (tertiary/aromatic N) is 2. The lowest BCUT2D eigenvalue weighted by Crippen LogP contribution is -2.42. The van der Waals surface area contributed by atoms with Crippen molar-refractivity contribution in [2.24, 2.45) is 12.5 Å². The summed E-state index contributed by atoms with van der Waals surface area (Å²) in [5, 5.41) is 10.8. The summed E-state index contributed by atoms with van der Waals surface area (Å²) in [5.74, 6) is 0.904. The third-order valence-corrected chi connectivity index (χ3v) is 4.03. The maximum atomic E-state index is 11.3. The van der Waals surface area contributed by atoms with Gasteiger partial charge in [0.2, 0.25) is 0 Å². The summed E-state index contributed by atoms with van der Waals surface area (Å²) in [4.78, 5) is 11.3. The molecule has 1 aromatic rings. The molecular formula is C12H24N4OS. The molecular weight excluding hydrogens is 248 g/mol. The van der Waals surface area contributed by atoms with E-state index >= 15 is 0 Å². The molecule has 104 valence electrons. The molecule has 0 fully saturated rings. The van der Waals surface area contributed by atoms with Gasteiger partial charge in [-0.25, -0.2) is 9.89 Å². The quantitative estimate of drug-likeness (QED) is 0.772. The fourth-order valence-electron chi connectivity index (χ4n) is 1.55. The van der Waals surface area contributed by atoms with Crippen molar-refractivity contribution >= 4 is 11.8 Å². The van der Waals surface area contributed by atoms with Crippen LogP contribution in [0, 0.1) is 5.41 Å². The zero-order valence-electron chi connectivity index (χ0n) is 11.9. The summed E-state index contributed by atoms with van der Waals surface area (Å²) in [5.41, 5.74) is 0.0310. The molecule has 2 N–H and O–H groups in total. The first-order valence-corrected chi connectivity index (χ1v) is 7.32. The number of hydrogen-bond donors (Lipinski definition) is 2. The van der Waals surface area contributed by atoms with Crippen LogP contribution in [0.4, 0.5) is 0 Å². The van der Waals surface area contributed by atoms with Crippen LogP contribution in [0.1, 0.15) is 34.1 Å². The molecule has 0 radical (unpaired) electrons. The van der Waals surface area contributed by atoms with E-state index in [2.05, 4.69) is 43.2 Å². The summed E-state index contributed by atoms with van der Waals surface area (Å²) in [6, 6.07) is 0.397. The third-order valence-electron chi connectivity index (χ3n) is 2.90. The molecule has 1 heterocycles. The highest BCUT2D eigenvalue weighted by atomic mass is 32.2. The molecule has 0 saturated heterocycles. The van der Waals surface area contributed by atoms with Gasteiger partial charge in [-0.05, 0) is 18.4 Å². The van der Waals surface area contributed by atoms with Gasteiger partial charge < -0.3 is 5.32 Å². The van der Waals surface area contributed by atoms with Crippen molar-refractivity contribution in [3.8, 4) is 0 Å².